The number of hydrogen-bond acceptors (Lipinski definition) is 4. The molecule has 0 aliphatic carbocycles. The summed E-state index contributed by atoms with van der Waals surface area (Å²) in [4.78, 5) is 22.3. The van der Waals surface area contributed by atoms with Gasteiger partial charge in [0.15, 0.2) is 5.82 Å². The van der Waals surface area contributed by atoms with Gasteiger partial charge in [0, 0.05) is 34.9 Å². The summed E-state index contributed by atoms with van der Waals surface area (Å²) in [7, 11) is 0. The Morgan fingerprint density at radius 2 is 2.15 bits per heavy atom. The van der Waals surface area contributed by atoms with Crippen molar-refractivity contribution in [2.24, 2.45) is 0 Å². The first-order valence-corrected chi connectivity index (χ1v) is 9.90. The summed E-state index contributed by atoms with van der Waals surface area (Å²) >= 11 is 3.49. The average molecular weight is 432 g/mol. The second kappa shape index (κ2) is 6.67. The number of benzene rings is 1. The molecule has 3 N–H and O–H groups in total. The molecule has 1 atom stereocenters. The maximum Gasteiger partial charge on any atom is 0.407 e. The Labute approximate surface area is 165 Å². The highest BCUT2D eigenvalue weighted by atomic mass is 79.9. The van der Waals surface area contributed by atoms with Crippen molar-refractivity contribution in [1.29, 1.82) is 0 Å². The van der Waals surface area contributed by atoms with E-state index in [-0.39, 0.29) is 12.0 Å². The fourth-order valence-corrected chi connectivity index (χ4v) is 4.39. The number of piperidine rings is 1. The van der Waals surface area contributed by atoms with Gasteiger partial charge in [0.1, 0.15) is 11.3 Å². The van der Waals surface area contributed by atoms with E-state index in [1.807, 2.05) is 18.2 Å². The van der Waals surface area contributed by atoms with Crippen LogP contribution in [0, 0.1) is 0 Å². The zero-order valence-electron chi connectivity index (χ0n) is 15.3. The number of rotatable bonds is 2. The molecule has 0 unspecified atom stereocenters. The Morgan fingerprint density at radius 3 is 2.85 bits per heavy atom. The molecular weight excluding hydrogens is 410 g/mol. The van der Waals surface area contributed by atoms with Crippen molar-refractivity contribution in [3.05, 3.63) is 28.5 Å². The van der Waals surface area contributed by atoms with Gasteiger partial charge in [0.25, 0.3) is 0 Å². The smallest absolute Gasteiger partial charge is 0.407 e. The molecule has 1 aromatic carbocycles. The van der Waals surface area contributed by atoms with Gasteiger partial charge < -0.3 is 20.3 Å². The van der Waals surface area contributed by atoms with E-state index in [9.17, 15) is 9.90 Å². The van der Waals surface area contributed by atoms with Gasteiger partial charge in [0.2, 0.25) is 0 Å². The molecule has 7 nitrogen and oxygen atoms in total. The molecule has 0 saturated carbocycles. The summed E-state index contributed by atoms with van der Waals surface area (Å²) in [6.45, 7) is 5.27. The minimum Gasteiger partial charge on any atom is -0.465 e. The third-order valence-electron chi connectivity index (χ3n) is 5.21. The van der Waals surface area contributed by atoms with Crippen LogP contribution in [0.5, 0.6) is 0 Å². The number of nitrogens with two attached hydrogens (primary N) is 1. The number of amides is 1. The molecule has 1 aliphatic rings. The van der Waals surface area contributed by atoms with Gasteiger partial charge in [-0.2, -0.15) is 0 Å². The minimum atomic E-state index is -0.872. The van der Waals surface area contributed by atoms with Crippen LogP contribution in [0.1, 0.15) is 44.5 Å². The molecule has 0 spiro atoms. The van der Waals surface area contributed by atoms with Gasteiger partial charge in [-0.15, -0.1) is 0 Å². The number of hydrogen-bond donors (Lipinski definition) is 2. The van der Waals surface area contributed by atoms with Gasteiger partial charge in [0.05, 0.1) is 11.0 Å². The monoisotopic (exact) mass is 431 g/mol. The Bertz CT molecular complexity index is 1050. The highest BCUT2D eigenvalue weighted by molar-refractivity contribution is 9.10. The molecule has 4 rings (SSSR count). The number of aromatic nitrogens is 3. The van der Waals surface area contributed by atoms with Crippen molar-refractivity contribution in [3.8, 4) is 0 Å². The number of anilines is 1. The highest BCUT2D eigenvalue weighted by Gasteiger charge is 2.30. The molecule has 1 amide bonds. The number of nitrogens with zero attached hydrogens (tertiary/aromatic N) is 4. The number of carbonyl (C=O) groups is 1. The summed E-state index contributed by atoms with van der Waals surface area (Å²) in [5.74, 6) is 1.35. The standard InChI is InChI=1S/C19H22BrN5O2/c1-10(2)25-16-13-6-5-12(20)8-14(13)22-17(21)15(16)23-18(25)11-4-3-7-24(9-11)19(26)27/h5-6,8,10-11H,3-4,7,9H2,1-2H3,(H2,21,22)(H,26,27)/t11-/m0/s1. The van der Waals surface area contributed by atoms with Crippen LogP contribution in [0.25, 0.3) is 21.9 Å². The first-order chi connectivity index (χ1) is 12.9. The van der Waals surface area contributed by atoms with Crippen molar-refractivity contribution >= 4 is 49.8 Å². The van der Waals surface area contributed by atoms with Crippen LogP contribution in [0.15, 0.2) is 22.7 Å². The first kappa shape index (κ1) is 18.0. The van der Waals surface area contributed by atoms with Crippen LogP contribution >= 0.6 is 15.9 Å². The normalized spacial score (nSPS) is 17.9. The van der Waals surface area contributed by atoms with Crippen LogP contribution < -0.4 is 5.73 Å². The zero-order valence-corrected chi connectivity index (χ0v) is 16.9. The van der Waals surface area contributed by atoms with E-state index in [0.29, 0.717) is 24.4 Å². The number of likely N-dealkylation sites (tertiary alicyclic amines) is 1. The number of pyridine rings is 1. The first-order valence-electron chi connectivity index (χ1n) is 9.11. The van der Waals surface area contributed by atoms with Crippen molar-refractivity contribution in [2.45, 2.75) is 38.6 Å². The van der Waals surface area contributed by atoms with E-state index in [0.717, 1.165) is 39.6 Å². The second-order valence-corrected chi connectivity index (χ2v) is 8.27. The summed E-state index contributed by atoms with van der Waals surface area (Å²) < 4.78 is 3.15. The Hall–Kier alpha value is -2.35. The van der Waals surface area contributed by atoms with Crippen molar-refractivity contribution in [2.75, 3.05) is 18.8 Å². The fraction of sp³-hybridized carbons (Fsp3) is 0.421. The van der Waals surface area contributed by atoms with E-state index in [1.165, 1.54) is 4.90 Å². The zero-order chi connectivity index (χ0) is 19.3. The SMILES string of the molecule is CC(C)n1c([C@H]2CCCN(C(=O)O)C2)nc2c(N)nc3cc(Br)ccc3c21. The predicted molar refractivity (Wildman–Crippen MR) is 109 cm³/mol. The Balaban J connectivity index is 1.96. The number of imidazole rings is 1. The summed E-state index contributed by atoms with van der Waals surface area (Å²) in [5, 5.41) is 10.4. The Kier molecular flexibility index (Phi) is 4.46. The molecule has 1 aliphatic heterocycles. The number of carboxylic acid groups (broad SMARTS) is 1. The minimum absolute atomic E-state index is 0.0505. The van der Waals surface area contributed by atoms with Crippen molar-refractivity contribution < 1.29 is 9.90 Å². The van der Waals surface area contributed by atoms with E-state index in [4.69, 9.17) is 10.7 Å². The molecule has 27 heavy (non-hydrogen) atoms. The predicted octanol–water partition coefficient (Wildman–Crippen LogP) is 4.37. The molecule has 0 radical (unpaired) electrons. The number of halogens is 1. The summed E-state index contributed by atoms with van der Waals surface area (Å²) in [5.41, 5.74) is 8.74. The third-order valence-corrected chi connectivity index (χ3v) is 5.70. The van der Waals surface area contributed by atoms with Crippen molar-refractivity contribution in [1.82, 2.24) is 19.4 Å². The largest absolute Gasteiger partial charge is 0.465 e. The van der Waals surface area contributed by atoms with Gasteiger partial charge in [-0.25, -0.2) is 14.8 Å². The van der Waals surface area contributed by atoms with Crippen LogP contribution in [0.3, 0.4) is 0 Å². The molecule has 3 aromatic rings. The molecule has 1 fully saturated rings. The molecule has 8 heteroatoms. The van der Waals surface area contributed by atoms with Crippen LogP contribution in [-0.4, -0.2) is 43.7 Å². The summed E-state index contributed by atoms with van der Waals surface area (Å²) in [6.07, 6.45) is 0.874. The van der Waals surface area contributed by atoms with Crippen molar-refractivity contribution in [3.63, 3.8) is 0 Å². The molecular formula is C19H22BrN5O2. The van der Waals surface area contributed by atoms with E-state index < -0.39 is 6.09 Å². The fourth-order valence-electron chi connectivity index (χ4n) is 4.04. The quantitative estimate of drug-likeness (QED) is 0.627. The Morgan fingerprint density at radius 1 is 1.37 bits per heavy atom. The van der Waals surface area contributed by atoms with Gasteiger partial charge in [-0.3, -0.25) is 0 Å². The van der Waals surface area contributed by atoms with E-state index in [1.54, 1.807) is 0 Å². The van der Waals surface area contributed by atoms with Gasteiger partial charge in [-0.05, 0) is 44.9 Å². The van der Waals surface area contributed by atoms with E-state index in [2.05, 4.69) is 39.3 Å². The maximum atomic E-state index is 11.4. The third kappa shape index (κ3) is 3.01. The topological polar surface area (TPSA) is 97.3 Å². The average Bonchev–Trinajstić information content (AvgIpc) is 3.03. The molecule has 1 saturated heterocycles. The van der Waals surface area contributed by atoms with Gasteiger partial charge in [-0.1, -0.05) is 15.9 Å². The van der Waals surface area contributed by atoms with E-state index >= 15 is 0 Å². The van der Waals surface area contributed by atoms with Crippen LogP contribution in [0.2, 0.25) is 0 Å². The lowest BCUT2D eigenvalue weighted by Crippen LogP contribution is -2.38. The highest BCUT2D eigenvalue weighted by Crippen LogP contribution is 2.36. The lowest BCUT2D eigenvalue weighted by atomic mass is 9.97. The molecule has 3 heterocycles. The molecule has 2 aromatic heterocycles. The summed E-state index contributed by atoms with van der Waals surface area (Å²) in [6, 6.07) is 6.14. The number of fused-ring (bicyclic) bond motifs is 3. The van der Waals surface area contributed by atoms with Gasteiger partial charge >= 0.3 is 6.09 Å². The lowest BCUT2D eigenvalue weighted by Gasteiger charge is -2.31. The molecule has 0 bridgehead atoms. The maximum absolute atomic E-state index is 11.4. The van der Waals surface area contributed by atoms with Crippen LogP contribution in [-0.2, 0) is 0 Å². The van der Waals surface area contributed by atoms with Crippen LogP contribution in [0.4, 0.5) is 10.6 Å². The lowest BCUT2D eigenvalue weighted by molar-refractivity contribution is 0.129. The molecule has 142 valence electrons. The number of nitrogen functional groups attached to an aromatic ring is 1. The second-order valence-electron chi connectivity index (χ2n) is 7.36.